The Kier molecular flexibility index (Phi) is 6.78. The fourth-order valence-electron chi connectivity index (χ4n) is 3.62. The predicted octanol–water partition coefficient (Wildman–Crippen LogP) is 3.80. The van der Waals surface area contributed by atoms with E-state index in [4.69, 9.17) is 10.00 Å². The quantitative estimate of drug-likeness (QED) is 0.773. The zero-order valence-corrected chi connectivity index (χ0v) is 16.3. The van der Waals surface area contributed by atoms with Gasteiger partial charge in [0.15, 0.2) is 0 Å². The topological polar surface area (TPSA) is 95.2 Å². The summed E-state index contributed by atoms with van der Waals surface area (Å²) in [5.74, 6) is 0.113. The molecule has 0 radical (unpaired) electrons. The number of halogens is 1. The lowest BCUT2D eigenvalue weighted by Crippen LogP contribution is -2.33. The van der Waals surface area contributed by atoms with Gasteiger partial charge >= 0.3 is 0 Å². The van der Waals surface area contributed by atoms with Crippen LogP contribution in [0.1, 0.15) is 48.5 Å². The van der Waals surface area contributed by atoms with E-state index in [2.05, 4.69) is 10.3 Å². The molecule has 1 heterocycles. The van der Waals surface area contributed by atoms with E-state index in [1.807, 2.05) is 6.92 Å². The van der Waals surface area contributed by atoms with Crippen molar-refractivity contribution in [3.63, 3.8) is 0 Å². The lowest BCUT2D eigenvalue weighted by molar-refractivity contribution is 0.0839. The van der Waals surface area contributed by atoms with Crippen LogP contribution in [0.2, 0.25) is 0 Å². The van der Waals surface area contributed by atoms with Crippen molar-refractivity contribution in [2.45, 2.75) is 38.7 Å². The van der Waals surface area contributed by atoms with Crippen LogP contribution < -0.4 is 10.1 Å². The van der Waals surface area contributed by atoms with E-state index >= 15 is 0 Å². The maximum Gasteiger partial charge on any atom is 0.256 e. The highest BCUT2D eigenvalue weighted by Crippen LogP contribution is 2.30. The van der Waals surface area contributed by atoms with E-state index < -0.39 is 5.82 Å². The predicted molar refractivity (Wildman–Crippen MR) is 105 cm³/mol. The van der Waals surface area contributed by atoms with Gasteiger partial charge in [0.05, 0.1) is 11.7 Å². The van der Waals surface area contributed by atoms with Gasteiger partial charge in [0.1, 0.15) is 23.2 Å². The number of aliphatic hydroxyl groups is 1. The molecule has 2 aromatic rings. The number of hydrogen-bond donors (Lipinski definition) is 2. The van der Waals surface area contributed by atoms with E-state index in [1.54, 1.807) is 18.2 Å². The second-order valence-electron chi connectivity index (χ2n) is 7.44. The minimum absolute atomic E-state index is 0.0957. The van der Waals surface area contributed by atoms with E-state index in [0.717, 1.165) is 31.7 Å². The van der Waals surface area contributed by atoms with Gasteiger partial charge in [0.2, 0.25) is 5.88 Å². The lowest BCUT2D eigenvalue weighted by Gasteiger charge is -2.30. The van der Waals surface area contributed by atoms with Crippen LogP contribution in [0.5, 0.6) is 11.6 Å². The first-order valence-corrected chi connectivity index (χ1v) is 9.76. The number of ether oxygens (including phenoxy) is 1. The van der Waals surface area contributed by atoms with Crippen molar-refractivity contribution in [3.8, 4) is 17.7 Å². The monoisotopic (exact) mass is 397 g/mol. The first-order chi connectivity index (χ1) is 14.0. The van der Waals surface area contributed by atoms with Gasteiger partial charge < -0.3 is 15.2 Å². The standard InChI is InChI=1S/C22H24FN3O3/c1-14(27)16-6-4-15(5-7-16)13-26-21(28)19-3-2-10-25-22(19)29-18-8-9-20(23)17(11-18)12-24/h2-3,8-11,14-16,27H,4-7,13H2,1H3,(H,26,28). The van der Waals surface area contributed by atoms with Crippen LogP contribution in [0.4, 0.5) is 4.39 Å². The Balaban J connectivity index is 1.63. The van der Waals surface area contributed by atoms with Crippen molar-refractivity contribution in [2.24, 2.45) is 11.8 Å². The van der Waals surface area contributed by atoms with E-state index in [0.29, 0.717) is 18.4 Å². The minimum atomic E-state index is -0.635. The van der Waals surface area contributed by atoms with Gasteiger partial charge in [0, 0.05) is 18.8 Å². The number of carbonyl (C=O) groups is 1. The molecule has 0 saturated heterocycles. The van der Waals surface area contributed by atoms with Crippen LogP contribution >= 0.6 is 0 Å². The molecule has 2 N–H and O–H groups in total. The summed E-state index contributed by atoms with van der Waals surface area (Å²) in [6.07, 6.45) is 5.08. The number of aromatic nitrogens is 1. The van der Waals surface area contributed by atoms with Gasteiger partial charge in [0.25, 0.3) is 5.91 Å². The third-order valence-electron chi connectivity index (χ3n) is 5.41. The molecule has 1 atom stereocenters. The average molecular weight is 397 g/mol. The van der Waals surface area contributed by atoms with Gasteiger partial charge in [-0.05, 0) is 68.7 Å². The van der Waals surface area contributed by atoms with Gasteiger partial charge in [-0.15, -0.1) is 0 Å². The van der Waals surface area contributed by atoms with Crippen LogP contribution in [0.15, 0.2) is 36.5 Å². The van der Waals surface area contributed by atoms with E-state index in [-0.39, 0.29) is 34.8 Å². The number of amides is 1. The van der Waals surface area contributed by atoms with Gasteiger partial charge in [-0.3, -0.25) is 4.79 Å². The molecule has 1 aromatic heterocycles. The van der Waals surface area contributed by atoms with Crippen LogP contribution in [0.25, 0.3) is 0 Å². The summed E-state index contributed by atoms with van der Waals surface area (Å²) in [6, 6.07) is 8.79. The highest BCUT2D eigenvalue weighted by molar-refractivity contribution is 5.96. The third-order valence-corrected chi connectivity index (χ3v) is 5.41. The van der Waals surface area contributed by atoms with Crippen LogP contribution in [0.3, 0.4) is 0 Å². The summed E-state index contributed by atoms with van der Waals surface area (Å²) >= 11 is 0. The maximum atomic E-state index is 13.5. The van der Waals surface area contributed by atoms with Crippen LogP contribution in [0, 0.1) is 29.0 Å². The molecule has 0 spiro atoms. The molecule has 1 fully saturated rings. The van der Waals surface area contributed by atoms with E-state index in [1.165, 1.54) is 18.3 Å². The summed E-state index contributed by atoms with van der Waals surface area (Å²) in [4.78, 5) is 16.8. The summed E-state index contributed by atoms with van der Waals surface area (Å²) in [5.41, 5.74) is 0.130. The fraction of sp³-hybridized carbons (Fsp3) is 0.409. The molecule has 1 aliphatic rings. The van der Waals surface area contributed by atoms with Crippen molar-refractivity contribution in [3.05, 3.63) is 53.5 Å². The van der Waals surface area contributed by atoms with Gasteiger partial charge in [-0.2, -0.15) is 5.26 Å². The maximum absolute atomic E-state index is 13.5. The van der Waals surface area contributed by atoms with Crippen molar-refractivity contribution in [2.75, 3.05) is 6.54 Å². The van der Waals surface area contributed by atoms with Crippen molar-refractivity contribution < 1.29 is 19.0 Å². The first kappa shape index (κ1) is 20.7. The molecule has 0 aliphatic heterocycles. The molecule has 1 aromatic carbocycles. The summed E-state index contributed by atoms with van der Waals surface area (Å²) in [7, 11) is 0. The van der Waals surface area contributed by atoms with Crippen LogP contribution in [-0.4, -0.2) is 28.6 Å². The van der Waals surface area contributed by atoms with Crippen molar-refractivity contribution in [1.29, 1.82) is 5.26 Å². The molecule has 1 amide bonds. The number of carbonyl (C=O) groups excluding carboxylic acids is 1. The largest absolute Gasteiger partial charge is 0.438 e. The molecule has 6 nitrogen and oxygen atoms in total. The third kappa shape index (κ3) is 5.30. The minimum Gasteiger partial charge on any atom is -0.438 e. The second-order valence-corrected chi connectivity index (χ2v) is 7.44. The van der Waals surface area contributed by atoms with Crippen molar-refractivity contribution >= 4 is 5.91 Å². The molecule has 1 unspecified atom stereocenters. The molecule has 1 aliphatic carbocycles. The highest BCUT2D eigenvalue weighted by Gasteiger charge is 2.25. The molecule has 0 bridgehead atoms. The Morgan fingerprint density at radius 2 is 2.14 bits per heavy atom. The van der Waals surface area contributed by atoms with Gasteiger partial charge in [-0.1, -0.05) is 0 Å². The number of benzene rings is 1. The second kappa shape index (κ2) is 9.48. The zero-order chi connectivity index (χ0) is 20.8. The number of nitriles is 1. The highest BCUT2D eigenvalue weighted by atomic mass is 19.1. The molecule has 152 valence electrons. The summed E-state index contributed by atoms with van der Waals surface area (Å²) in [5, 5.41) is 21.6. The number of rotatable bonds is 6. The number of aliphatic hydroxyl groups excluding tert-OH is 1. The Labute approximate surface area is 169 Å². The smallest absolute Gasteiger partial charge is 0.256 e. The molecule has 29 heavy (non-hydrogen) atoms. The average Bonchev–Trinajstić information content (AvgIpc) is 2.74. The van der Waals surface area contributed by atoms with Crippen LogP contribution in [-0.2, 0) is 0 Å². The first-order valence-electron chi connectivity index (χ1n) is 9.76. The lowest BCUT2D eigenvalue weighted by atomic mass is 9.80. The fourth-order valence-corrected chi connectivity index (χ4v) is 3.62. The molecule has 3 rings (SSSR count). The zero-order valence-electron chi connectivity index (χ0n) is 16.3. The summed E-state index contributed by atoms with van der Waals surface area (Å²) < 4.78 is 19.1. The Hall–Kier alpha value is -2.98. The number of nitrogens with one attached hydrogen (secondary N) is 1. The van der Waals surface area contributed by atoms with Gasteiger partial charge in [-0.25, -0.2) is 9.37 Å². The molecular weight excluding hydrogens is 373 g/mol. The summed E-state index contributed by atoms with van der Waals surface area (Å²) in [6.45, 7) is 2.38. The molecular formula is C22H24FN3O3. The van der Waals surface area contributed by atoms with Crippen molar-refractivity contribution in [1.82, 2.24) is 10.3 Å². The number of nitrogens with zero attached hydrogens (tertiary/aromatic N) is 2. The number of pyridine rings is 1. The Morgan fingerprint density at radius 1 is 1.38 bits per heavy atom. The Bertz CT molecular complexity index is 902. The molecule has 1 saturated carbocycles. The van der Waals surface area contributed by atoms with E-state index in [9.17, 15) is 14.3 Å². The Morgan fingerprint density at radius 3 is 2.83 bits per heavy atom. The number of hydrogen-bond acceptors (Lipinski definition) is 5. The normalized spacial score (nSPS) is 19.8. The molecule has 7 heteroatoms. The SMILES string of the molecule is CC(O)C1CCC(CNC(=O)c2cccnc2Oc2ccc(F)c(C#N)c2)CC1.